The van der Waals surface area contributed by atoms with Crippen molar-refractivity contribution in [3.8, 4) is 0 Å². The van der Waals surface area contributed by atoms with Crippen LogP contribution in [0.5, 0.6) is 0 Å². The number of hydrogen-bond donors (Lipinski definition) is 1. The summed E-state index contributed by atoms with van der Waals surface area (Å²) in [6.45, 7) is 6.60. The zero-order valence-electron chi connectivity index (χ0n) is 11.4. The number of nitrogens with one attached hydrogen (secondary N) is 1. The molecule has 0 saturated heterocycles. The van der Waals surface area contributed by atoms with Gasteiger partial charge in [0, 0.05) is 18.3 Å². The van der Waals surface area contributed by atoms with Crippen molar-refractivity contribution in [2.75, 3.05) is 5.32 Å². The summed E-state index contributed by atoms with van der Waals surface area (Å²) in [5.41, 5.74) is 1.12. The molecule has 2 rings (SSSR count). The van der Waals surface area contributed by atoms with Crippen LogP contribution < -0.4 is 5.32 Å². The predicted molar refractivity (Wildman–Crippen MR) is 72.5 cm³/mol. The van der Waals surface area contributed by atoms with Crippen molar-refractivity contribution >= 4 is 5.95 Å². The Bertz CT molecular complexity index is 350. The lowest BCUT2D eigenvalue weighted by atomic mass is 10.2. The molecule has 1 aliphatic carbocycles. The zero-order chi connectivity index (χ0) is 12.3. The summed E-state index contributed by atoms with van der Waals surface area (Å²) >= 11 is 0. The first-order valence-electron chi connectivity index (χ1n) is 7.02. The number of aryl methyl sites for hydroxylation is 1. The molecule has 96 valence electrons. The first-order chi connectivity index (χ1) is 8.20. The number of hydrogen-bond acceptors (Lipinski definition) is 2. The molecule has 3 nitrogen and oxygen atoms in total. The summed E-state index contributed by atoms with van der Waals surface area (Å²) in [5, 5.41) is 3.62. The van der Waals surface area contributed by atoms with Crippen LogP contribution in [0.15, 0.2) is 6.20 Å². The lowest BCUT2D eigenvalue weighted by Crippen LogP contribution is -2.19. The molecule has 3 heteroatoms. The van der Waals surface area contributed by atoms with Crippen molar-refractivity contribution in [2.45, 2.75) is 71.4 Å². The Kier molecular flexibility index (Phi) is 4.08. The molecule has 1 heterocycles. The van der Waals surface area contributed by atoms with Crippen molar-refractivity contribution in [3.63, 3.8) is 0 Å². The summed E-state index contributed by atoms with van der Waals surface area (Å²) < 4.78 is 2.32. The Morgan fingerprint density at radius 2 is 2.18 bits per heavy atom. The molecule has 17 heavy (non-hydrogen) atoms. The van der Waals surface area contributed by atoms with E-state index in [0.29, 0.717) is 12.1 Å². The van der Waals surface area contributed by atoms with Gasteiger partial charge in [0.1, 0.15) is 0 Å². The standard InChI is InChI=1S/C14H25N3/c1-4-7-12(3)17-10-11(2)15-14(17)16-13-8-5-6-9-13/h10,12-13H,4-9H2,1-3H3,(H,15,16). The third kappa shape index (κ3) is 3.02. The molecule has 1 aliphatic rings. The number of aromatic nitrogens is 2. The van der Waals surface area contributed by atoms with Gasteiger partial charge in [-0.05, 0) is 33.1 Å². The van der Waals surface area contributed by atoms with E-state index < -0.39 is 0 Å². The number of imidazole rings is 1. The first kappa shape index (κ1) is 12.5. The van der Waals surface area contributed by atoms with Gasteiger partial charge in [-0.15, -0.1) is 0 Å². The van der Waals surface area contributed by atoms with Crippen LogP contribution in [0.25, 0.3) is 0 Å². The van der Waals surface area contributed by atoms with Gasteiger partial charge in [0.25, 0.3) is 0 Å². The van der Waals surface area contributed by atoms with E-state index in [1.165, 1.54) is 38.5 Å². The van der Waals surface area contributed by atoms with Crippen LogP contribution in [0.3, 0.4) is 0 Å². The fourth-order valence-electron chi connectivity index (χ4n) is 2.77. The minimum absolute atomic E-state index is 0.546. The van der Waals surface area contributed by atoms with Crippen LogP contribution in [0.2, 0.25) is 0 Å². The quantitative estimate of drug-likeness (QED) is 0.838. The summed E-state index contributed by atoms with van der Waals surface area (Å²) in [6.07, 6.45) is 9.94. The Morgan fingerprint density at radius 3 is 2.82 bits per heavy atom. The van der Waals surface area contributed by atoms with Crippen LogP contribution in [0.4, 0.5) is 5.95 Å². The molecule has 0 bridgehead atoms. The number of nitrogens with zero attached hydrogens (tertiary/aromatic N) is 2. The van der Waals surface area contributed by atoms with Gasteiger partial charge in [0.2, 0.25) is 5.95 Å². The number of anilines is 1. The second kappa shape index (κ2) is 5.56. The molecule has 1 aromatic heterocycles. The normalized spacial score (nSPS) is 18.5. The van der Waals surface area contributed by atoms with E-state index in [2.05, 4.69) is 41.8 Å². The second-order valence-electron chi connectivity index (χ2n) is 5.38. The van der Waals surface area contributed by atoms with E-state index in [4.69, 9.17) is 0 Å². The van der Waals surface area contributed by atoms with E-state index in [-0.39, 0.29) is 0 Å². The van der Waals surface area contributed by atoms with Gasteiger partial charge in [-0.25, -0.2) is 4.98 Å². The Labute approximate surface area is 105 Å². The molecule has 1 fully saturated rings. The molecule has 1 saturated carbocycles. The molecule has 0 spiro atoms. The molecule has 0 aromatic carbocycles. The summed E-state index contributed by atoms with van der Waals surface area (Å²) in [7, 11) is 0. The molecular weight excluding hydrogens is 210 g/mol. The van der Waals surface area contributed by atoms with Crippen molar-refractivity contribution in [1.29, 1.82) is 0 Å². The van der Waals surface area contributed by atoms with Gasteiger partial charge in [-0.2, -0.15) is 0 Å². The maximum absolute atomic E-state index is 4.63. The molecule has 0 amide bonds. The number of rotatable bonds is 5. The largest absolute Gasteiger partial charge is 0.353 e. The van der Waals surface area contributed by atoms with Crippen molar-refractivity contribution < 1.29 is 0 Å². The fraction of sp³-hybridized carbons (Fsp3) is 0.786. The molecule has 1 atom stereocenters. The third-order valence-corrected chi connectivity index (χ3v) is 3.72. The van der Waals surface area contributed by atoms with Crippen LogP contribution in [0, 0.1) is 6.92 Å². The highest BCUT2D eigenvalue weighted by Crippen LogP contribution is 2.25. The maximum Gasteiger partial charge on any atom is 0.203 e. The van der Waals surface area contributed by atoms with E-state index in [1.807, 2.05) is 0 Å². The van der Waals surface area contributed by atoms with Crippen LogP contribution >= 0.6 is 0 Å². The molecule has 0 aliphatic heterocycles. The summed E-state index contributed by atoms with van der Waals surface area (Å²) in [5.74, 6) is 1.08. The lowest BCUT2D eigenvalue weighted by molar-refractivity contribution is 0.501. The average molecular weight is 235 g/mol. The summed E-state index contributed by atoms with van der Waals surface area (Å²) in [6, 6.07) is 1.19. The minimum atomic E-state index is 0.546. The van der Waals surface area contributed by atoms with Crippen molar-refractivity contribution in [2.24, 2.45) is 0 Å². The highest BCUT2D eigenvalue weighted by molar-refractivity contribution is 5.31. The second-order valence-corrected chi connectivity index (χ2v) is 5.38. The monoisotopic (exact) mass is 235 g/mol. The zero-order valence-corrected chi connectivity index (χ0v) is 11.4. The third-order valence-electron chi connectivity index (χ3n) is 3.72. The topological polar surface area (TPSA) is 29.9 Å². The SMILES string of the molecule is CCCC(C)n1cc(C)nc1NC1CCCC1. The van der Waals surface area contributed by atoms with Gasteiger partial charge in [0.15, 0.2) is 0 Å². The lowest BCUT2D eigenvalue weighted by Gasteiger charge is -2.19. The van der Waals surface area contributed by atoms with Crippen LogP contribution in [-0.2, 0) is 0 Å². The average Bonchev–Trinajstić information content (AvgIpc) is 2.89. The molecule has 1 unspecified atom stereocenters. The van der Waals surface area contributed by atoms with Crippen LogP contribution in [-0.4, -0.2) is 15.6 Å². The van der Waals surface area contributed by atoms with Gasteiger partial charge >= 0.3 is 0 Å². The van der Waals surface area contributed by atoms with Gasteiger partial charge < -0.3 is 9.88 Å². The minimum Gasteiger partial charge on any atom is -0.353 e. The van der Waals surface area contributed by atoms with Gasteiger partial charge in [-0.3, -0.25) is 0 Å². The Morgan fingerprint density at radius 1 is 1.47 bits per heavy atom. The Balaban J connectivity index is 2.08. The molecule has 1 aromatic rings. The van der Waals surface area contributed by atoms with Crippen molar-refractivity contribution in [1.82, 2.24) is 9.55 Å². The first-order valence-corrected chi connectivity index (χ1v) is 7.02. The van der Waals surface area contributed by atoms with E-state index in [0.717, 1.165) is 11.6 Å². The predicted octanol–water partition coefficient (Wildman–Crippen LogP) is 3.91. The Hall–Kier alpha value is -0.990. The fourth-order valence-corrected chi connectivity index (χ4v) is 2.77. The van der Waals surface area contributed by atoms with E-state index in [9.17, 15) is 0 Å². The molecular formula is C14H25N3. The van der Waals surface area contributed by atoms with Crippen LogP contribution in [0.1, 0.15) is 64.1 Å². The highest BCUT2D eigenvalue weighted by Gasteiger charge is 2.18. The summed E-state index contributed by atoms with van der Waals surface area (Å²) in [4.78, 5) is 4.63. The molecule has 1 N–H and O–H groups in total. The van der Waals surface area contributed by atoms with Gasteiger partial charge in [-0.1, -0.05) is 26.2 Å². The van der Waals surface area contributed by atoms with E-state index >= 15 is 0 Å². The molecule has 0 radical (unpaired) electrons. The maximum atomic E-state index is 4.63. The smallest absolute Gasteiger partial charge is 0.203 e. The van der Waals surface area contributed by atoms with E-state index in [1.54, 1.807) is 0 Å². The highest BCUT2D eigenvalue weighted by atomic mass is 15.2. The van der Waals surface area contributed by atoms with Crippen molar-refractivity contribution in [3.05, 3.63) is 11.9 Å². The van der Waals surface area contributed by atoms with Gasteiger partial charge in [0.05, 0.1) is 5.69 Å².